The van der Waals surface area contributed by atoms with E-state index < -0.39 is 6.10 Å². The highest BCUT2D eigenvalue weighted by Gasteiger charge is 2.18. The van der Waals surface area contributed by atoms with Gasteiger partial charge >= 0.3 is 0 Å². The maximum absolute atomic E-state index is 12.3. The van der Waals surface area contributed by atoms with Crippen LogP contribution >= 0.6 is 11.6 Å². The number of amides is 1. The topological polar surface area (TPSA) is 38.8 Å². The van der Waals surface area contributed by atoms with Crippen LogP contribution in [0, 0.1) is 0 Å². The van der Waals surface area contributed by atoms with Crippen LogP contribution in [-0.2, 0) is 4.79 Å². The first kappa shape index (κ1) is 17.2. The Morgan fingerprint density at radius 3 is 2.39 bits per heavy atom. The Morgan fingerprint density at radius 1 is 1.09 bits per heavy atom. The van der Waals surface area contributed by atoms with Gasteiger partial charge in [-0.1, -0.05) is 29.8 Å². The number of para-hydroxylation sites is 1. The molecule has 0 bridgehead atoms. The van der Waals surface area contributed by atoms with Crippen molar-refractivity contribution in [3.63, 3.8) is 0 Å². The minimum Gasteiger partial charge on any atom is -0.492 e. The third kappa shape index (κ3) is 5.49. The fraction of sp³-hybridized carbons (Fsp3) is 0.278. The number of benzene rings is 2. The maximum Gasteiger partial charge on any atom is 0.263 e. The van der Waals surface area contributed by atoms with Crippen molar-refractivity contribution in [2.24, 2.45) is 0 Å². The number of hydrogen-bond donors (Lipinski definition) is 0. The van der Waals surface area contributed by atoms with Crippen LogP contribution in [0.15, 0.2) is 54.6 Å². The molecule has 4 nitrogen and oxygen atoms in total. The molecule has 0 aliphatic rings. The monoisotopic (exact) mass is 333 g/mol. The minimum absolute atomic E-state index is 0.0893. The van der Waals surface area contributed by atoms with Crippen molar-refractivity contribution < 1.29 is 14.3 Å². The van der Waals surface area contributed by atoms with Crippen LogP contribution in [0.5, 0.6) is 11.5 Å². The first-order valence-electron chi connectivity index (χ1n) is 7.41. The quantitative estimate of drug-likeness (QED) is 0.776. The molecule has 1 unspecified atom stereocenters. The number of rotatable bonds is 7. The molecule has 2 aromatic rings. The van der Waals surface area contributed by atoms with Gasteiger partial charge in [-0.3, -0.25) is 4.79 Å². The number of hydrogen-bond acceptors (Lipinski definition) is 3. The molecule has 0 aliphatic carbocycles. The second kappa shape index (κ2) is 8.44. The molecule has 2 rings (SSSR count). The Labute approximate surface area is 141 Å². The van der Waals surface area contributed by atoms with Gasteiger partial charge in [-0.15, -0.1) is 0 Å². The number of ether oxygens (including phenoxy) is 2. The van der Waals surface area contributed by atoms with Crippen molar-refractivity contribution in [2.45, 2.75) is 13.0 Å². The van der Waals surface area contributed by atoms with Gasteiger partial charge in [-0.05, 0) is 43.3 Å². The van der Waals surface area contributed by atoms with Crippen molar-refractivity contribution in [1.82, 2.24) is 4.90 Å². The lowest BCUT2D eigenvalue weighted by atomic mass is 10.3. The van der Waals surface area contributed by atoms with Gasteiger partial charge in [-0.25, -0.2) is 0 Å². The summed E-state index contributed by atoms with van der Waals surface area (Å²) in [5.41, 5.74) is 0. The molecule has 2 aromatic carbocycles. The van der Waals surface area contributed by atoms with Gasteiger partial charge in [0.1, 0.15) is 18.1 Å². The molecule has 0 spiro atoms. The molecule has 1 amide bonds. The zero-order valence-electron chi connectivity index (χ0n) is 13.2. The van der Waals surface area contributed by atoms with E-state index in [1.54, 1.807) is 43.1 Å². The van der Waals surface area contributed by atoms with Crippen molar-refractivity contribution >= 4 is 17.5 Å². The third-order valence-corrected chi connectivity index (χ3v) is 3.54. The Bertz CT molecular complexity index is 616. The number of nitrogens with zero attached hydrogens (tertiary/aromatic N) is 1. The summed E-state index contributed by atoms with van der Waals surface area (Å²) in [4.78, 5) is 13.9. The van der Waals surface area contributed by atoms with Gasteiger partial charge in [0, 0.05) is 12.1 Å². The van der Waals surface area contributed by atoms with Gasteiger partial charge in [0.2, 0.25) is 0 Å². The highest BCUT2D eigenvalue weighted by Crippen LogP contribution is 2.15. The summed E-state index contributed by atoms with van der Waals surface area (Å²) in [7, 11) is 1.73. The van der Waals surface area contributed by atoms with E-state index in [9.17, 15) is 4.79 Å². The number of halogens is 1. The Kier molecular flexibility index (Phi) is 6.29. The summed E-state index contributed by atoms with van der Waals surface area (Å²) >= 11 is 5.82. The molecule has 0 fully saturated rings. The van der Waals surface area contributed by atoms with Crippen LogP contribution in [0.3, 0.4) is 0 Å². The van der Waals surface area contributed by atoms with Gasteiger partial charge in [0.15, 0.2) is 6.10 Å². The van der Waals surface area contributed by atoms with E-state index in [0.29, 0.717) is 23.9 Å². The smallest absolute Gasteiger partial charge is 0.263 e. The van der Waals surface area contributed by atoms with Gasteiger partial charge < -0.3 is 14.4 Å². The van der Waals surface area contributed by atoms with Crippen LogP contribution < -0.4 is 9.47 Å². The number of carbonyl (C=O) groups excluding carboxylic acids is 1. The standard InChI is InChI=1S/C18H20ClNO3/c1-14(23-17-6-4-3-5-7-17)18(21)20(2)12-13-22-16-10-8-15(19)9-11-16/h3-11,14H,12-13H2,1-2H3. The van der Waals surface area contributed by atoms with Gasteiger partial charge in [-0.2, -0.15) is 0 Å². The summed E-state index contributed by atoms with van der Waals surface area (Å²) < 4.78 is 11.2. The second-order valence-corrected chi connectivity index (χ2v) is 5.57. The summed E-state index contributed by atoms with van der Waals surface area (Å²) in [5.74, 6) is 1.32. The molecule has 122 valence electrons. The fourth-order valence-electron chi connectivity index (χ4n) is 2.01. The zero-order chi connectivity index (χ0) is 16.7. The molecule has 0 saturated carbocycles. The van der Waals surface area contributed by atoms with E-state index in [2.05, 4.69) is 0 Å². The SMILES string of the molecule is CC(Oc1ccccc1)C(=O)N(C)CCOc1ccc(Cl)cc1. The normalized spacial score (nSPS) is 11.6. The summed E-state index contributed by atoms with van der Waals surface area (Å²) in [6, 6.07) is 16.4. The molecule has 0 aromatic heterocycles. The zero-order valence-corrected chi connectivity index (χ0v) is 14.0. The molecular formula is C18H20ClNO3. The molecule has 5 heteroatoms. The summed E-state index contributed by atoms with van der Waals surface area (Å²) in [5, 5.41) is 0.663. The van der Waals surface area contributed by atoms with Crippen LogP contribution in [0.25, 0.3) is 0 Å². The number of likely N-dealkylation sites (N-methyl/N-ethyl adjacent to an activating group) is 1. The van der Waals surface area contributed by atoms with Gasteiger partial charge in [0.25, 0.3) is 5.91 Å². The van der Waals surface area contributed by atoms with Crippen LogP contribution in [-0.4, -0.2) is 37.1 Å². The highest BCUT2D eigenvalue weighted by molar-refractivity contribution is 6.30. The maximum atomic E-state index is 12.3. The molecular weight excluding hydrogens is 314 g/mol. The van der Waals surface area contributed by atoms with Crippen LogP contribution in [0.4, 0.5) is 0 Å². The third-order valence-electron chi connectivity index (χ3n) is 3.29. The predicted molar refractivity (Wildman–Crippen MR) is 91.1 cm³/mol. The largest absolute Gasteiger partial charge is 0.492 e. The Balaban J connectivity index is 1.76. The van der Waals surface area contributed by atoms with Crippen molar-refractivity contribution in [1.29, 1.82) is 0 Å². The van der Waals surface area contributed by atoms with E-state index in [4.69, 9.17) is 21.1 Å². The van der Waals surface area contributed by atoms with E-state index in [0.717, 1.165) is 5.75 Å². The lowest BCUT2D eigenvalue weighted by Gasteiger charge is -2.22. The van der Waals surface area contributed by atoms with E-state index >= 15 is 0 Å². The van der Waals surface area contributed by atoms with Crippen molar-refractivity contribution in [3.8, 4) is 11.5 Å². The molecule has 1 atom stereocenters. The van der Waals surface area contributed by atoms with Crippen molar-refractivity contribution in [2.75, 3.05) is 20.2 Å². The molecule has 0 radical (unpaired) electrons. The summed E-state index contributed by atoms with van der Waals surface area (Å²) in [6.07, 6.45) is -0.544. The van der Waals surface area contributed by atoms with Crippen LogP contribution in [0.2, 0.25) is 5.02 Å². The second-order valence-electron chi connectivity index (χ2n) is 5.14. The van der Waals surface area contributed by atoms with E-state index in [1.807, 2.05) is 30.3 Å². The average molecular weight is 334 g/mol. The Morgan fingerprint density at radius 2 is 1.74 bits per heavy atom. The lowest BCUT2D eigenvalue weighted by Crippen LogP contribution is -2.39. The van der Waals surface area contributed by atoms with E-state index in [1.165, 1.54) is 0 Å². The minimum atomic E-state index is -0.544. The average Bonchev–Trinajstić information content (AvgIpc) is 2.56. The van der Waals surface area contributed by atoms with Crippen molar-refractivity contribution in [3.05, 3.63) is 59.6 Å². The summed E-state index contributed by atoms with van der Waals surface area (Å²) in [6.45, 7) is 2.62. The molecule has 0 heterocycles. The highest BCUT2D eigenvalue weighted by atomic mass is 35.5. The fourth-order valence-corrected chi connectivity index (χ4v) is 2.13. The lowest BCUT2D eigenvalue weighted by molar-refractivity contribution is -0.136. The van der Waals surface area contributed by atoms with Gasteiger partial charge in [0.05, 0.1) is 6.54 Å². The first-order valence-corrected chi connectivity index (χ1v) is 7.79. The molecule has 23 heavy (non-hydrogen) atoms. The molecule has 0 N–H and O–H groups in total. The Hall–Kier alpha value is -2.20. The molecule has 0 saturated heterocycles. The first-order chi connectivity index (χ1) is 11.1. The van der Waals surface area contributed by atoms with E-state index in [-0.39, 0.29) is 5.91 Å². The molecule has 0 aliphatic heterocycles. The number of carbonyl (C=O) groups is 1. The predicted octanol–water partition coefficient (Wildman–Crippen LogP) is 3.64. The van der Waals surface area contributed by atoms with Crippen LogP contribution in [0.1, 0.15) is 6.92 Å².